The second-order valence-electron chi connectivity index (χ2n) is 5.33. The van der Waals surface area contributed by atoms with Crippen LogP contribution in [0, 0.1) is 0 Å². The molecular weight excluding hydrogens is 264 g/mol. The number of aryl methyl sites for hydroxylation is 1. The molecule has 0 aliphatic heterocycles. The smallest absolute Gasteiger partial charge is 0.111 e. The van der Waals surface area contributed by atoms with E-state index in [1.165, 1.54) is 5.52 Å². The zero-order valence-electron chi connectivity index (χ0n) is 13.2. The average molecular weight is 290 g/mol. The molecule has 3 N–H and O–H groups in total. The number of nitrogens with two attached hydrogens (primary N) is 1. The Morgan fingerprint density at radius 3 is 2.71 bits per heavy atom. The molecule has 2 aromatic rings. The minimum atomic E-state index is 0.0624. The molecule has 21 heavy (non-hydrogen) atoms. The van der Waals surface area contributed by atoms with Crippen LogP contribution in [0.4, 0.5) is 0 Å². The summed E-state index contributed by atoms with van der Waals surface area (Å²) in [5, 5.41) is 0. The molecule has 2 unspecified atom stereocenters. The molecular formula is C16H26N4O. The minimum Gasteiger partial charge on any atom is -0.380 e. The maximum absolute atomic E-state index is 5.72. The van der Waals surface area contributed by atoms with Crippen molar-refractivity contribution in [1.82, 2.24) is 15.0 Å². The molecule has 0 fully saturated rings. The summed E-state index contributed by atoms with van der Waals surface area (Å²) in [6.45, 7) is 5.26. The first kappa shape index (κ1) is 15.9. The summed E-state index contributed by atoms with van der Waals surface area (Å²) in [5.41, 5.74) is 5.12. The molecule has 5 nitrogen and oxygen atoms in total. The van der Waals surface area contributed by atoms with Crippen molar-refractivity contribution in [3.05, 3.63) is 30.1 Å². The monoisotopic (exact) mass is 290 g/mol. The molecule has 1 aromatic heterocycles. The molecule has 0 bridgehead atoms. The van der Waals surface area contributed by atoms with Gasteiger partial charge in [-0.1, -0.05) is 26.0 Å². The van der Waals surface area contributed by atoms with E-state index in [4.69, 9.17) is 15.6 Å². The van der Waals surface area contributed by atoms with E-state index in [9.17, 15) is 0 Å². The molecule has 0 saturated heterocycles. The first-order valence-corrected chi connectivity index (χ1v) is 7.68. The first-order chi connectivity index (χ1) is 10.2. The fourth-order valence-electron chi connectivity index (χ4n) is 2.86. The summed E-state index contributed by atoms with van der Waals surface area (Å²) in [4.78, 5) is 4.78. The van der Waals surface area contributed by atoms with E-state index in [2.05, 4.69) is 42.0 Å². The van der Waals surface area contributed by atoms with E-state index >= 15 is 0 Å². The highest BCUT2D eigenvalue weighted by Gasteiger charge is 2.22. The Morgan fingerprint density at radius 1 is 1.33 bits per heavy atom. The molecule has 0 spiro atoms. The van der Waals surface area contributed by atoms with Crippen molar-refractivity contribution >= 4 is 11.0 Å². The summed E-state index contributed by atoms with van der Waals surface area (Å²) in [6.07, 6.45) is 2.84. The molecule has 1 heterocycles. The third-order valence-corrected chi connectivity index (χ3v) is 3.95. The quantitative estimate of drug-likeness (QED) is 0.578. The number of hydrogen-bond acceptors (Lipinski definition) is 4. The van der Waals surface area contributed by atoms with Gasteiger partial charge in [0.1, 0.15) is 5.82 Å². The van der Waals surface area contributed by atoms with Gasteiger partial charge in [0.2, 0.25) is 0 Å². The molecule has 0 aliphatic rings. The molecule has 0 radical (unpaired) electrons. The number of hydrogen-bond donors (Lipinski definition) is 2. The molecule has 0 saturated carbocycles. The third kappa shape index (κ3) is 3.43. The van der Waals surface area contributed by atoms with Crippen LogP contribution in [-0.2, 0) is 17.7 Å². The third-order valence-electron chi connectivity index (χ3n) is 3.95. The maximum Gasteiger partial charge on any atom is 0.111 e. The topological polar surface area (TPSA) is 65.1 Å². The van der Waals surface area contributed by atoms with Gasteiger partial charge < -0.3 is 9.30 Å². The van der Waals surface area contributed by atoms with E-state index in [1.54, 1.807) is 7.11 Å². The van der Waals surface area contributed by atoms with Gasteiger partial charge >= 0.3 is 0 Å². The Labute approximate surface area is 126 Å². The van der Waals surface area contributed by atoms with Crippen LogP contribution in [0.15, 0.2) is 24.3 Å². The molecule has 2 atom stereocenters. The number of benzene rings is 1. The lowest BCUT2D eigenvalue weighted by Gasteiger charge is -2.24. The molecule has 116 valence electrons. The Kier molecular flexibility index (Phi) is 5.73. The number of nitrogens with zero attached hydrogens (tertiary/aromatic N) is 2. The molecule has 5 heteroatoms. The van der Waals surface area contributed by atoms with Gasteiger partial charge in [0.05, 0.1) is 23.2 Å². The lowest BCUT2D eigenvalue weighted by Crippen LogP contribution is -2.46. The minimum absolute atomic E-state index is 0.0624. The van der Waals surface area contributed by atoms with Crippen molar-refractivity contribution in [1.29, 1.82) is 0 Å². The van der Waals surface area contributed by atoms with Crippen LogP contribution in [0.5, 0.6) is 0 Å². The van der Waals surface area contributed by atoms with Crippen LogP contribution < -0.4 is 11.3 Å². The van der Waals surface area contributed by atoms with Gasteiger partial charge in [-0.2, -0.15) is 0 Å². The number of imidazole rings is 1. The number of hydrazine groups is 1. The van der Waals surface area contributed by atoms with Crippen molar-refractivity contribution in [3.63, 3.8) is 0 Å². The number of para-hydroxylation sites is 2. The fraction of sp³-hybridized carbons (Fsp3) is 0.562. The maximum atomic E-state index is 5.72. The molecule has 0 amide bonds. The Morgan fingerprint density at radius 2 is 2.10 bits per heavy atom. The summed E-state index contributed by atoms with van der Waals surface area (Å²) in [6, 6.07) is 8.33. The van der Waals surface area contributed by atoms with E-state index in [0.29, 0.717) is 0 Å². The van der Waals surface area contributed by atoms with Gasteiger partial charge in [-0.05, 0) is 25.0 Å². The molecule has 0 aliphatic carbocycles. The zero-order valence-corrected chi connectivity index (χ0v) is 13.2. The van der Waals surface area contributed by atoms with Crippen LogP contribution in [0.3, 0.4) is 0 Å². The van der Waals surface area contributed by atoms with Crippen LogP contribution in [-0.4, -0.2) is 28.8 Å². The number of fused-ring (bicyclic) bond motifs is 1. The zero-order chi connectivity index (χ0) is 15.2. The van der Waals surface area contributed by atoms with Crippen molar-refractivity contribution in [3.8, 4) is 0 Å². The summed E-state index contributed by atoms with van der Waals surface area (Å²) in [5.74, 6) is 6.79. The van der Waals surface area contributed by atoms with Gasteiger partial charge in [0, 0.05) is 20.1 Å². The number of methoxy groups -OCH3 is 1. The highest BCUT2D eigenvalue weighted by molar-refractivity contribution is 5.75. The standard InChI is InChI=1S/C16H26N4O/c1-4-10-20-14-9-7-6-8-12(14)18-16(20)11-13(19-17)15(5-2)21-3/h6-9,13,15,19H,4-5,10-11,17H2,1-3H3. The highest BCUT2D eigenvalue weighted by atomic mass is 16.5. The van der Waals surface area contributed by atoms with Crippen LogP contribution in [0.1, 0.15) is 32.5 Å². The molecule has 2 rings (SSSR count). The lowest BCUT2D eigenvalue weighted by atomic mass is 10.1. The summed E-state index contributed by atoms with van der Waals surface area (Å²) in [7, 11) is 1.73. The number of nitrogens with one attached hydrogen (secondary N) is 1. The molecule has 1 aromatic carbocycles. The van der Waals surface area contributed by atoms with Crippen molar-refractivity contribution in [2.24, 2.45) is 5.84 Å². The second kappa shape index (κ2) is 7.54. The average Bonchev–Trinajstić information content (AvgIpc) is 2.85. The number of ether oxygens (including phenoxy) is 1. The van der Waals surface area contributed by atoms with Crippen LogP contribution >= 0.6 is 0 Å². The number of rotatable bonds is 8. The largest absolute Gasteiger partial charge is 0.380 e. The van der Waals surface area contributed by atoms with Gasteiger partial charge in [-0.3, -0.25) is 11.3 Å². The van der Waals surface area contributed by atoms with Gasteiger partial charge in [0.25, 0.3) is 0 Å². The summed E-state index contributed by atoms with van der Waals surface area (Å²) < 4.78 is 7.81. The first-order valence-electron chi connectivity index (χ1n) is 7.68. The second-order valence-corrected chi connectivity index (χ2v) is 5.33. The van der Waals surface area contributed by atoms with E-state index < -0.39 is 0 Å². The fourth-order valence-corrected chi connectivity index (χ4v) is 2.86. The van der Waals surface area contributed by atoms with Gasteiger partial charge in [-0.15, -0.1) is 0 Å². The lowest BCUT2D eigenvalue weighted by molar-refractivity contribution is 0.0645. The normalized spacial score (nSPS) is 14.5. The van der Waals surface area contributed by atoms with Gasteiger partial charge in [0.15, 0.2) is 0 Å². The Balaban J connectivity index is 2.33. The number of aromatic nitrogens is 2. The Bertz CT molecular complexity index is 562. The summed E-state index contributed by atoms with van der Waals surface area (Å²) >= 11 is 0. The predicted molar refractivity (Wildman–Crippen MR) is 85.9 cm³/mol. The highest BCUT2D eigenvalue weighted by Crippen LogP contribution is 2.19. The van der Waals surface area contributed by atoms with Crippen LogP contribution in [0.2, 0.25) is 0 Å². The van der Waals surface area contributed by atoms with Crippen molar-refractivity contribution < 1.29 is 4.74 Å². The van der Waals surface area contributed by atoms with E-state index in [1.807, 2.05) is 6.07 Å². The SMILES string of the molecule is CCCn1c(CC(NN)C(CC)OC)nc2ccccc21. The van der Waals surface area contributed by atoms with Crippen molar-refractivity contribution in [2.75, 3.05) is 7.11 Å². The van der Waals surface area contributed by atoms with Crippen molar-refractivity contribution in [2.45, 2.75) is 51.8 Å². The predicted octanol–water partition coefficient (Wildman–Crippen LogP) is 2.25. The van der Waals surface area contributed by atoms with Crippen LogP contribution in [0.25, 0.3) is 11.0 Å². The van der Waals surface area contributed by atoms with E-state index in [-0.39, 0.29) is 12.1 Å². The Hall–Kier alpha value is -1.43. The van der Waals surface area contributed by atoms with Gasteiger partial charge in [-0.25, -0.2) is 4.98 Å². The van der Waals surface area contributed by atoms with E-state index in [0.717, 1.165) is 37.1 Å².